The van der Waals surface area contributed by atoms with E-state index < -0.39 is 0 Å². The van der Waals surface area contributed by atoms with Gasteiger partial charge in [-0.15, -0.1) is 0 Å². The Morgan fingerprint density at radius 3 is 2.48 bits per heavy atom. The van der Waals surface area contributed by atoms with E-state index >= 15 is 0 Å². The quantitative estimate of drug-likeness (QED) is 0.800. The van der Waals surface area contributed by atoms with E-state index in [1.807, 2.05) is 30.3 Å². The summed E-state index contributed by atoms with van der Waals surface area (Å²) in [5.41, 5.74) is 0.978. The minimum atomic E-state index is -0.282. The molecule has 1 aromatic rings. The van der Waals surface area contributed by atoms with Crippen molar-refractivity contribution in [3.8, 4) is 0 Å². The molecule has 114 valence electrons. The average molecular weight is 291 g/mol. The highest BCUT2D eigenvalue weighted by Gasteiger charge is 2.25. The van der Waals surface area contributed by atoms with Crippen LogP contribution in [0.2, 0.25) is 0 Å². The largest absolute Gasteiger partial charge is 0.469 e. The number of benzene rings is 1. The Balaban J connectivity index is 1.72. The molecular formula is C16H21NO4. The third-order valence-electron chi connectivity index (χ3n) is 3.76. The minimum Gasteiger partial charge on any atom is -0.469 e. The van der Waals surface area contributed by atoms with Crippen LogP contribution in [0.25, 0.3) is 0 Å². The van der Waals surface area contributed by atoms with Gasteiger partial charge in [-0.1, -0.05) is 30.3 Å². The molecule has 0 spiro atoms. The van der Waals surface area contributed by atoms with Crippen molar-refractivity contribution in [2.45, 2.75) is 25.9 Å². The molecule has 0 saturated carbocycles. The molecule has 1 amide bonds. The second kappa shape index (κ2) is 7.67. The summed E-state index contributed by atoms with van der Waals surface area (Å²) in [4.78, 5) is 24.9. The molecule has 2 rings (SSSR count). The standard InChI is InChI=1S/C16H21NO4/c1-20-15(18)11-13-7-9-17(10-8-13)16(19)21-12-14-5-3-2-4-6-14/h2-6,13H,7-12H2,1H3. The average Bonchev–Trinajstić information content (AvgIpc) is 2.54. The highest BCUT2D eigenvalue weighted by atomic mass is 16.6. The lowest BCUT2D eigenvalue weighted by atomic mass is 9.94. The summed E-state index contributed by atoms with van der Waals surface area (Å²) in [7, 11) is 1.40. The molecule has 1 saturated heterocycles. The third-order valence-corrected chi connectivity index (χ3v) is 3.76. The van der Waals surface area contributed by atoms with Crippen molar-refractivity contribution in [1.82, 2.24) is 4.90 Å². The number of amides is 1. The van der Waals surface area contributed by atoms with Crippen LogP contribution in [0.15, 0.2) is 30.3 Å². The van der Waals surface area contributed by atoms with Crippen molar-refractivity contribution in [3.63, 3.8) is 0 Å². The Bertz CT molecular complexity index is 466. The summed E-state index contributed by atoms with van der Waals surface area (Å²) in [6.07, 6.45) is 1.78. The lowest BCUT2D eigenvalue weighted by Gasteiger charge is -2.30. The molecule has 5 nitrogen and oxygen atoms in total. The smallest absolute Gasteiger partial charge is 0.410 e. The normalized spacial score (nSPS) is 15.6. The van der Waals surface area contributed by atoms with Gasteiger partial charge in [0.15, 0.2) is 0 Å². The van der Waals surface area contributed by atoms with Gasteiger partial charge >= 0.3 is 12.1 Å². The van der Waals surface area contributed by atoms with E-state index in [1.54, 1.807) is 4.90 Å². The van der Waals surface area contributed by atoms with Crippen LogP contribution in [-0.4, -0.2) is 37.2 Å². The Hall–Kier alpha value is -2.04. The zero-order valence-electron chi connectivity index (χ0n) is 12.3. The molecule has 0 aliphatic carbocycles. The van der Waals surface area contributed by atoms with E-state index in [9.17, 15) is 9.59 Å². The first-order chi connectivity index (χ1) is 10.2. The first-order valence-corrected chi connectivity index (χ1v) is 7.21. The lowest BCUT2D eigenvalue weighted by molar-refractivity contribution is -0.142. The van der Waals surface area contributed by atoms with Gasteiger partial charge in [0.25, 0.3) is 0 Å². The van der Waals surface area contributed by atoms with Crippen molar-refractivity contribution < 1.29 is 19.1 Å². The van der Waals surface area contributed by atoms with E-state index in [0.717, 1.165) is 18.4 Å². The van der Waals surface area contributed by atoms with E-state index in [2.05, 4.69) is 4.74 Å². The Morgan fingerprint density at radius 2 is 1.86 bits per heavy atom. The summed E-state index contributed by atoms with van der Waals surface area (Å²) in [5.74, 6) is 0.121. The molecule has 0 atom stereocenters. The van der Waals surface area contributed by atoms with Crippen LogP contribution in [0.3, 0.4) is 0 Å². The summed E-state index contributed by atoms with van der Waals surface area (Å²) in [6.45, 7) is 1.56. The molecule has 1 aliphatic rings. The van der Waals surface area contributed by atoms with Gasteiger partial charge in [-0.25, -0.2) is 4.79 Å². The summed E-state index contributed by atoms with van der Waals surface area (Å²) >= 11 is 0. The topological polar surface area (TPSA) is 55.8 Å². The van der Waals surface area contributed by atoms with E-state index in [4.69, 9.17) is 4.74 Å². The maximum Gasteiger partial charge on any atom is 0.410 e. The summed E-state index contributed by atoms with van der Waals surface area (Å²) < 4.78 is 9.97. The number of carbonyl (C=O) groups excluding carboxylic acids is 2. The minimum absolute atomic E-state index is 0.180. The number of hydrogen-bond acceptors (Lipinski definition) is 4. The van der Waals surface area contributed by atoms with Gasteiger partial charge < -0.3 is 14.4 Å². The molecule has 0 radical (unpaired) electrons. The van der Waals surface area contributed by atoms with Crippen LogP contribution < -0.4 is 0 Å². The first-order valence-electron chi connectivity index (χ1n) is 7.21. The Kier molecular flexibility index (Phi) is 5.60. The van der Waals surface area contributed by atoms with Crippen LogP contribution in [0.5, 0.6) is 0 Å². The van der Waals surface area contributed by atoms with Crippen molar-refractivity contribution in [2.75, 3.05) is 20.2 Å². The van der Waals surface area contributed by atoms with Crippen molar-refractivity contribution in [1.29, 1.82) is 0 Å². The van der Waals surface area contributed by atoms with Crippen LogP contribution >= 0.6 is 0 Å². The number of piperidine rings is 1. The number of rotatable bonds is 4. The zero-order chi connectivity index (χ0) is 15.1. The van der Waals surface area contributed by atoms with Crippen LogP contribution in [0.1, 0.15) is 24.8 Å². The third kappa shape index (κ3) is 4.77. The predicted molar refractivity (Wildman–Crippen MR) is 77.6 cm³/mol. The predicted octanol–water partition coefficient (Wildman–Crippen LogP) is 2.60. The van der Waals surface area contributed by atoms with Gasteiger partial charge in [0.05, 0.1) is 7.11 Å². The second-order valence-corrected chi connectivity index (χ2v) is 5.25. The highest BCUT2D eigenvalue weighted by molar-refractivity contribution is 5.70. The molecule has 0 unspecified atom stereocenters. The van der Waals surface area contributed by atoms with E-state index in [-0.39, 0.29) is 12.1 Å². The number of carbonyl (C=O) groups is 2. The number of methoxy groups -OCH3 is 1. The molecule has 1 fully saturated rings. The molecule has 5 heteroatoms. The number of hydrogen-bond donors (Lipinski definition) is 0. The van der Waals surface area contributed by atoms with Crippen LogP contribution in [-0.2, 0) is 20.9 Å². The molecule has 1 aliphatic heterocycles. The number of esters is 1. The van der Waals surface area contributed by atoms with Gasteiger partial charge in [0, 0.05) is 19.5 Å². The Morgan fingerprint density at radius 1 is 1.19 bits per heavy atom. The zero-order valence-corrected chi connectivity index (χ0v) is 12.3. The van der Waals surface area contributed by atoms with Gasteiger partial charge in [0.1, 0.15) is 6.61 Å². The summed E-state index contributed by atoms with van der Waals surface area (Å²) in [6, 6.07) is 9.62. The van der Waals surface area contributed by atoms with Gasteiger partial charge in [-0.3, -0.25) is 4.79 Å². The van der Waals surface area contributed by atoms with Crippen LogP contribution in [0, 0.1) is 5.92 Å². The monoisotopic (exact) mass is 291 g/mol. The van der Waals surface area contributed by atoms with Crippen LogP contribution in [0.4, 0.5) is 4.79 Å². The SMILES string of the molecule is COC(=O)CC1CCN(C(=O)OCc2ccccc2)CC1. The summed E-state index contributed by atoms with van der Waals surface area (Å²) in [5, 5.41) is 0. The number of nitrogens with zero attached hydrogens (tertiary/aromatic N) is 1. The molecule has 0 aromatic heterocycles. The fraction of sp³-hybridized carbons (Fsp3) is 0.500. The fourth-order valence-corrected chi connectivity index (χ4v) is 2.45. The van der Waals surface area contributed by atoms with Gasteiger partial charge in [-0.2, -0.15) is 0 Å². The number of likely N-dealkylation sites (tertiary alicyclic amines) is 1. The first kappa shape index (κ1) is 15.4. The number of ether oxygens (including phenoxy) is 2. The molecule has 0 N–H and O–H groups in total. The van der Waals surface area contributed by atoms with Crippen molar-refractivity contribution in [2.24, 2.45) is 5.92 Å². The lowest BCUT2D eigenvalue weighted by Crippen LogP contribution is -2.39. The maximum absolute atomic E-state index is 12.0. The van der Waals surface area contributed by atoms with Gasteiger partial charge in [-0.05, 0) is 24.3 Å². The van der Waals surface area contributed by atoms with E-state index in [0.29, 0.717) is 32.0 Å². The highest BCUT2D eigenvalue weighted by Crippen LogP contribution is 2.21. The van der Waals surface area contributed by atoms with Gasteiger partial charge in [0.2, 0.25) is 0 Å². The maximum atomic E-state index is 12.0. The Labute approximate surface area is 124 Å². The van der Waals surface area contributed by atoms with E-state index in [1.165, 1.54) is 7.11 Å². The fourth-order valence-electron chi connectivity index (χ4n) is 2.45. The van der Waals surface area contributed by atoms with Crippen molar-refractivity contribution in [3.05, 3.63) is 35.9 Å². The van der Waals surface area contributed by atoms with Crippen molar-refractivity contribution >= 4 is 12.1 Å². The molecule has 1 heterocycles. The second-order valence-electron chi connectivity index (χ2n) is 5.25. The molecule has 21 heavy (non-hydrogen) atoms. The molecule has 0 bridgehead atoms. The molecule has 1 aromatic carbocycles. The molecular weight excluding hydrogens is 270 g/mol.